The van der Waals surface area contributed by atoms with Gasteiger partial charge in [0.05, 0.1) is 11.0 Å². The number of nitro benzene ring substituents is 1. The molecule has 1 aromatic heterocycles. The van der Waals surface area contributed by atoms with Gasteiger partial charge in [-0.3, -0.25) is 14.9 Å². The lowest BCUT2D eigenvalue weighted by molar-refractivity contribution is -0.384. The molecule has 1 aliphatic carbocycles. The summed E-state index contributed by atoms with van der Waals surface area (Å²) in [6, 6.07) is 8.17. The molecule has 3 rings (SSSR count). The minimum absolute atomic E-state index is 0.0488. The lowest BCUT2D eigenvalue weighted by atomic mass is 10.3. The number of rotatable bonds is 7. The van der Waals surface area contributed by atoms with E-state index in [-0.39, 0.29) is 24.2 Å². The van der Waals surface area contributed by atoms with E-state index < -0.39 is 4.92 Å². The smallest absolute Gasteiger partial charge is 0.273 e. The minimum atomic E-state index is -0.484. The first kappa shape index (κ1) is 15.5. The highest BCUT2D eigenvalue weighted by Crippen LogP contribution is 2.29. The predicted molar refractivity (Wildman–Crippen MR) is 86.5 cm³/mol. The first-order chi connectivity index (χ1) is 11.1. The van der Waals surface area contributed by atoms with Gasteiger partial charge in [-0.05, 0) is 41.3 Å². The van der Waals surface area contributed by atoms with E-state index in [1.54, 1.807) is 23.5 Å². The van der Waals surface area contributed by atoms with Crippen LogP contribution in [-0.2, 0) is 11.3 Å². The maximum absolute atomic E-state index is 12.4. The van der Waals surface area contributed by atoms with Crippen molar-refractivity contribution in [2.24, 2.45) is 0 Å². The lowest BCUT2D eigenvalue weighted by Crippen LogP contribution is -2.36. The van der Waals surface area contributed by atoms with Crippen LogP contribution >= 0.6 is 11.3 Å². The lowest BCUT2D eigenvalue weighted by Gasteiger charge is -2.22. The molecule has 1 heterocycles. The molecular formula is C16H16N2O4S. The number of nitrogens with zero attached hydrogens (tertiary/aromatic N) is 2. The third kappa shape index (κ3) is 4.07. The Kier molecular flexibility index (Phi) is 4.57. The van der Waals surface area contributed by atoms with E-state index in [9.17, 15) is 14.9 Å². The number of hydrogen-bond donors (Lipinski definition) is 0. The Morgan fingerprint density at radius 2 is 2.22 bits per heavy atom. The average molecular weight is 332 g/mol. The Bertz CT molecular complexity index is 698. The van der Waals surface area contributed by atoms with Crippen molar-refractivity contribution in [2.75, 3.05) is 6.61 Å². The van der Waals surface area contributed by atoms with Crippen LogP contribution in [0.4, 0.5) is 5.69 Å². The van der Waals surface area contributed by atoms with E-state index in [4.69, 9.17) is 4.74 Å². The first-order valence-corrected chi connectivity index (χ1v) is 8.25. The molecule has 1 amide bonds. The number of hydrogen-bond acceptors (Lipinski definition) is 5. The van der Waals surface area contributed by atoms with Crippen molar-refractivity contribution < 1.29 is 14.5 Å². The van der Waals surface area contributed by atoms with Crippen molar-refractivity contribution in [1.29, 1.82) is 0 Å². The molecule has 0 spiro atoms. The minimum Gasteiger partial charge on any atom is -0.484 e. The van der Waals surface area contributed by atoms with Gasteiger partial charge in [0.15, 0.2) is 6.61 Å². The van der Waals surface area contributed by atoms with E-state index in [1.807, 2.05) is 21.7 Å². The van der Waals surface area contributed by atoms with Gasteiger partial charge < -0.3 is 9.64 Å². The summed E-state index contributed by atoms with van der Waals surface area (Å²) in [5.74, 6) is 0.240. The molecule has 0 saturated heterocycles. The van der Waals surface area contributed by atoms with Crippen molar-refractivity contribution >= 4 is 22.9 Å². The van der Waals surface area contributed by atoms with Gasteiger partial charge in [-0.25, -0.2) is 0 Å². The van der Waals surface area contributed by atoms with E-state index in [0.717, 1.165) is 18.4 Å². The fourth-order valence-corrected chi connectivity index (χ4v) is 2.96. The standard InChI is InChI=1S/C16H16N2O4S/c19-16(10-22-15-3-1-2-14(8-15)18(20)21)17(13-4-5-13)9-12-6-7-23-11-12/h1-3,6-8,11,13H,4-5,9-10H2. The van der Waals surface area contributed by atoms with Crippen LogP contribution in [0.3, 0.4) is 0 Å². The highest BCUT2D eigenvalue weighted by Gasteiger charge is 2.32. The van der Waals surface area contributed by atoms with Crippen LogP contribution in [0.1, 0.15) is 18.4 Å². The Balaban J connectivity index is 1.61. The van der Waals surface area contributed by atoms with Gasteiger partial charge in [-0.15, -0.1) is 0 Å². The molecule has 0 bridgehead atoms. The van der Waals surface area contributed by atoms with Gasteiger partial charge in [-0.1, -0.05) is 6.07 Å². The third-order valence-electron chi connectivity index (χ3n) is 3.63. The van der Waals surface area contributed by atoms with Crippen LogP contribution in [0.15, 0.2) is 41.1 Å². The van der Waals surface area contributed by atoms with E-state index >= 15 is 0 Å². The number of carbonyl (C=O) groups excluding carboxylic acids is 1. The monoisotopic (exact) mass is 332 g/mol. The number of ether oxygens (including phenoxy) is 1. The molecule has 1 aromatic carbocycles. The van der Waals surface area contributed by atoms with Gasteiger partial charge in [-0.2, -0.15) is 11.3 Å². The summed E-state index contributed by atoms with van der Waals surface area (Å²) in [6.07, 6.45) is 2.04. The summed E-state index contributed by atoms with van der Waals surface area (Å²) >= 11 is 1.61. The number of benzene rings is 1. The molecule has 2 aromatic rings. The fourth-order valence-electron chi connectivity index (χ4n) is 2.30. The predicted octanol–water partition coefficient (Wildman–Crippen LogP) is 3.23. The highest BCUT2D eigenvalue weighted by molar-refractivity contribution is 7.07. The number of amides is 1. The molecule has 1 fully saturated rings. The molecule has 0 radical (unpaired) electrons. The molecule has 7 heteroatoms. The molecule has 1 saturated carbocycles. The van der Waals surface area contributed by atoms with Crippen LogP contribution in [-0.4, -0.2) is 28.4 Å². The van der Waals surface area contributed by atoms with Crippen molar-refractivity contribution in [3.8, 4) is 5.75 Å². The maximum Gasteiger partial charge on any atom is 0.273 e. The Labute approximate surface area is 137 Å². The van der Waals surface area contributed by atoms with Crippen molar-refractivity contribution in [3.05, 3.63) is 56.8 Å². The summed E-state index contributed by atoms with van der Waals surface area (Å²) in [4.78, 5) is 24.5. The van der Waals surface area contributed by atoms with Gasteiger partial charge in [0.1, 0.15) is 5.75 Å². The van der Waals surface area contributed by atoms with Gasteiger partial charge in [0, 0.05) is 18.7 Å². The van der Waals surface area contributed by atoms with Crippen LogP contribution in [0.25, 0.3) is 0 Å². The Morgan fingerprint density at radius 1 is 1.39 bits per heavy atom. The van der Waals surface area contributed by atoms with Crippen LogP contribution in [0.2, 0.25) is 0 Å². The normalized spacial score (nSPS) is 13.6. The van der Waals surface area contributed by atoms with Gasteiger partial charge in [0.2, 0.25) is 0 Å². The molecule has 120 valence electrons. The van der Waals surface area contributed by atoms with Crippen molar-refractivity contribution in [1.82, 2.24) is 4.90 Å². The average Bonchev–Trinajstić information content (AvgIpc) is 3.26. The zero-order valence-corrected chi connectivity index (χ0v) is 13.2. The number of thiophene rings is 1. The summed E-state index contributed by atoms with van der Waals surface area (Å²) in [6.45, 7) is 0.479. The SMILES string of the molecule is O=C(COc1cccc([N+](=O)[O-])c1)N(Cc1ccsc1)C1CC1. The molecule has 0 unspecified atom stereocenters. The zero-order chi connectivity index (χ0) is 16.2. The molecule has 1 aliphatic rings. The van der Waals surface area contributed by atoms with Crippen LogP contribution < -0.4 is 4.74 Å². The van der Waals surface area contributed by atoms with E-state index in [2.05, 4.69) is 0 Å². The molecule has 0 N–H and O–H groups in total. The van der Waals surface area contributed by atoms with Gasteiger partial charge in [0.25, 0.3) is 11.6 Å². The number of carbonyl (C=O) groups is 1. The molecule has 6 nitrogen and oxygen atoms in total. The summed E-state index contributed by atoms with van der Waals surface area (Å²) in [5, 5.41) is 14.8. The fraction of sp³-hybridized carbons (Fsp3) is 0.312. The molecular weight excluding hydrogens is 316 g/mol. The third-order valence-corrected chi connectivity index (χ3v) is 4.36. The molecule has 0 atom stereocenters. The Hall–Kier alpha value is -2.41. The summed E-state index contributed by atoms with van der Waals surface area (Å²) < 4.78 is 5.44. The molecule has 0 aliphatic heterocycles. The van der Waals surface area contributed by atoms with E-state index in [0.29, 0.717) is 12.3 Å². The second-order valence-electron chi connectivity index (χ2n) is 5.43. The molecule has 23 heavy (non-hydrogen) atoms. The van der Waals surface area contributed by atoms with Crippen molar-refractivity contribution in [3.63, 3.8) is 0 Å². The van der Waals surface area contributed by atoms with E-state index in [1.165, 1.54) is 12.1 Å². The zero-order valence-electron chi connectivity index (χ0n) is 12.4. The second kappa shape index (κ2) is 6.78. The first-order valence-electron chi connectivity index (χ1n) is 7.31. The van der Waals surface area contributed by atoms with Gasteiger partial charge >= 0.3 is 0 Å². The second-order valence-corrected chi connectivity index (χ2v) is 6.21. The summed E-state index contributed by atoms with van der Waals surface area (Å²) in [7, 11) is 0. The quantitative estimate of drug-likeness (QED) is 0.576. The summed E-state index contributed by atoms with van der Waals surface area (Å²) in [5.41, 5.74) is 1.07. The number of nitro groups is 1. The van der Waals surface area contributed by atoms with Crippen molar-refractivity contribution in [2.45, 2.75) is 25.4 Å². The number of non-ortho nitro benzene ring substituents is 1. The highest BCUT2D eigenvalue weighted by atomic mass is 32.1. The topological polar surface area (TPSA) is 72.7 Å². The van der Waals surface area contributed by atoms with Crippen LogP contribution in [0, 0.1) is 10.1 Å². The Morgan fingerprint density at radius 3 is 2.87 bits per heavy atom. The largest absolute Gasteiger partial charge is 0.484 e. The maximum atomic E-state index is 12.4. The van der Waals surface area contributed by atoms with Crippen LogP contribution in [0.5, 0.6) is 5.75 Å².